The van der Waals surface area contributed by atoms with E-state index < -0.39 is 11.9 Å². The Bertz CT molecular complexity index is 612. The quantitative estimate of drug-likeness (QED) is 0.544. The molecule has 2 rings (SSSR count). The van der Waals surface area contributed by atoms with E-state index in [9.17, 15) is 9.59 Å². The number of rotatable bonds is 3. The molecule has 2 heterocycles. The highest BCUT2D eigenvalue weighted by Gasteiger charge is 2.22. The maximum absolute atomic E-state index is 11.7. The van der Waals surface area contributed by atoms with Crippen molar-refractivity contribution in [3.05, 3.63) is 37.1 Å². The lowest BCUT2D eigenvalue weighted by Gasteiger charge is -1.98. The topological polar surface area (TPSA) is 89.9 Å². The van der Waals surface area contributed by atoms with Crippen LogP contribution in [0, 0.1) is 7.14 Å². The molecule has 0 saturated carbocycles. The lowest BCUT2D eigenvalue weighted by atomic mass is 10.4. The van der Waals surface area contributed by atoms with E-state index >= 15 is 0 Å². The van der Waals surface area contributed by atoms with E-state index in [1.807, 2.05) is 45.2 Å². The van der Waals surface area contributed by atoms with Crippen LogP contribution >= 0.6 is 45.2 Å². The molecular formula is C10H4I2O6. The van der Waals surface area contributed by atoms with Crippen molar-refractivity contribution in [2.24, 2.45) is 0 Å². The van der Waals surface area contributed by atoms with Gasteiger partial charge in [0.15, 0.2) is 0 Å². The number of ether oxygens (including phenoxy) is 1. The lowest BCUT2D eigenvalue weighted by Crippen LogP contribution is -2.08. The van der Waals surface area contributed by atoms with Crippen molar-refractivity contribution >= 4 is 57.1 Å². The summed E-state index contributed by atoms with van der Waals surface area (Å²) in [6.07, 6.45) is 1.36. The molecule has 2 aromatic rings. The molecule has 0 aliphatic heterocycles. The summed E-state index contributed by atoms with van der Waals surface area (Å²) in [6.45, 7) is 0. The molecule has 6 nitrogen and oxygen atoms in total. The molecule has 1 N–H and O–H groups in total. The molecule has 2 aromatic heterocycles. The molecule has 0 spiro atoms. The molecule has 0 aliphatic rings. The monoisotopic (exact) mass is 474 g/mol. The fourth-order valence-corrected chi connectivity index (χ4v) is 2.09. The van der Waals surface area contributed by atoms with Crippen molar-refractivity contribution in [1.29, 1.82) is 0 Å². The molecule has 0 aromatic carbocycles. The second-order valence-electron chi connectivity index (χ2n) is 3.04. The maximum atomic E-state index is 11.7. The summed E-state index contributed by atoms with van der Waals surface area (Å²) < 4.78 is 15.8. The van der Waals surface area contributed by atoms with Crippen LogP contribution in [0.3, 0.4) is 0 Å². The number of carbonyl (C=O) groups excluding carboxylic acids is 1. The minimum absolute atomic E-state index is 0.0414. The fraction of sp³-hybridized carbons (Fsp3) is 0. The van der Waals surface area contributed by atoms with E-state index in [2.05, 4.69) is 0 Å². The first-order valence-electron chi connectivity index (χ1n) is 4.47. The summed E-state index contributed by atoms with van der Waals surface area (Å²) in [5.41, 5.74) is 0. The summed E-state index contributed by atoms with van der Waals surface area (Å²) in [5.74, 6) is -2.39. The van der Waals surface area contributed by atoms with Gasteiger partial charge in [0.1, 0.15) is 0 Å². The van der Waals surface area contributed by atoms with Crippen LogP contribution in [0.1, 0.15) is 21.1 Å². The predicted octanol–water partition coefficient (Wildman–Crippen LogP) is 3.00. The van der Waals surface area contributed by atoms with Gasteiger partial charge in [0.05, 0.1) is 13.4 Å². The molecule has 8 heteroatoms. The van der Waals surface area contributed by atoms with Gasteiger partial charge in [0.25, 0.3) is 0 Å². The molecule has 0 saturated heterocycles. The number of hydrogen-bond donors (Lipinski definition) is 1. The van der Waals surface area contributed by atoms with Gasteiger partial charge in [-0.05, 0) is 51.2 Å². The van der Waals surface area contributed by atoms with Gasteiger partial charge < -0.3 is 18.7 Å². The maximum Gasteiger partial charge on any atom is 0.383 e. The first-order chi connectivity index (χ1) is 8.49. The van der Waals surface area contributed by atoms with Crippen LogP contribution in [0.15, 0.2) is 27.2 Å². The van der Waals surface area contributed by atoms with Crippen LogP contribution in [0.2, 0.25) is 0 Å². The molecule has 0 bridgehead atoms. The Balaban J connectivity index is 2.22. The first kappa shape index (κ1) is 13.4. The van der Waals surface area contributed by atoms with Crippen LogP contribution in [-0.2, 0) is 0 Å². The predicted molar refractivity (Wildman–Crippen MR) is 74.8 cm³/mol. The number of aromatic carboxylic acids is 1. The van der Waals surface area contributed by atoms with Gasteiger partial charge in [0, 0.05) is 6.07 Å². The van der Waals surface area contributed by atoms with Gasteiger partial charge in [-0.3, -0.25) is 0 Å². The zero-order chi connectivity index (χ0) is 13.3. The van der Waals surface area contributed by atoms with Gasteiger partial charge in [-0.15, -0.1) is 0 Å². The van der Waals surface area contributed by atoms with Crippen molar-refractivity contribution in [3.63, 3.8) is 0 Å². The normalized spacial score (nSPS) is 10.3. The number of carboxylic acid groups (broad SMARTS) is 1. The number of carboxylic acids is 1. The Labute approximate surface area is 128 Å². The summed E-state index contributed by atoms with van der Waals surface area (Å²) in [4.78, 5) is 22.4. The average molecular weight is 474 g/mol. The summed E-state index contributed by atoms with van der Waals surface area (Å²) in [5, 5.41) is 8.73. The van der Waals surface area contributed by atoms with Crippen LogP contribution in [0.5, 0.6) is 5.95 Å². The second kappa shape index (κ2) is 5.30. The highest BCUT2D eigenvalue weighted by atomic mass is 127. The number of hydrogen-bond acceptors (Lipinski definition) is 5. The molecule has 94 valence electrons. The molecule has 0 radical (unpaired) electrons. The highest BCUT2D eigenvalue weighted by Crippen LogP contribution is 2.26. The Kier molecular flexibility index (Phi) is 3.94. The third-order valence-corrected chi connectivity index (χ3v) is 3.46. The lowest BCUT2D eigenvalue weighted by molar-refractivity contribution is 0.0602. The second-order valence-corrected chi connectivity index (χ2v) is 5.36. The Morgan fingerprint density at radius 1 is 1.28 bits per heavy atom. The van der Waals surface area contributed by atoms with Crippen molar-refractivity contribution in [2.45, 2.75) is 0 Å². The van der Waals surface area contributed by atoms with E-state index in [0.29, 0.717) is 7.14 Å². The highest BCUT2D eigenvalue weighted by molar-refractivity contribution is 14.1. The van der Waals surface area contributed by atoms with Gasteiger partial charge in [-0.2, -0.15) is 0 Å². The van der Waals surface area contributed by atoms with E-state index in [4.69, 9.17) is 18.7 Å². The number of halogens is 2. The SMILES string of the molecule is O=C(O)c1cc(I)c(OC(=O)c2occc2I)o1. The van der Waals surface area contributed by atoms with Gasteiger partial charge in [0.2, 0.25) is 11.5 Å². The minimum Gasteiger partial charge on any atom is -0.475 e. The number of furan rings is 2. The summed E-state index contributed by atoms with van der Waals surface area (Å²) in [6, 6.07) is 2.87. The largest absolute Gasteiger partial charge is 0.475 e. The standard InChI is InChI=1S/C10H4I2O6/c11-4-1-2-16-7(4)9(15)18-10-5(12)3-6(17-10)8(13)14/h1-3H,(H,13,14). The first-order valence-corrected chi connectivity index (χ1v) is 6.62. The Hall–Kier alpha value is -1.04. The molecule has 0 fully saturated rings. The van der Waals surface area contributed by atoms with E-state index in [1.54, 1.807) is 6.07 Å². The molecule has 18 heavy (non-hydrogen) atoms. The van der Waals surface area contributed by atoms with Crippen LogP contribution in [0.25, 0.3) is 0 Å². The smallest absolute Gasteiger partial charge is 0.383 e. The van der Waals surface area contributed by atoms with Crippen molar-refractivity contribution in [2.75, 3.05) is 0 Å². The molecule has 0 amide bonds. The van der Waals surface area contributed by atoms with Gasteiger partial charge in [-0.1, -0.05) is 0 Å². The fourth-order valence-electron chi connectivity index (χ4n) is 1.10. The van der Waals surface area contributed by atoms with Crippen molar-refractivity contribution < 1.29 is 28.3 Å². The molecular weight excluding hydrogens is 470 g/mol. The van der Waals surface area contributed by atoms with E-state index in [-0.39, 0.29) is 17.5 Å². The van der Waals surface area contributed by atoms with E-state index in [0.717, 1.165) is 0 Å². The van der Waals surface area contributed by atoms with Gasteiger partial charge in [-0.25, -0.2) is 9.59 Å². The third kappa shape index (κ3) is 2.68. The zero-order valence-corrected chi connectivity index (χ0v) is 12.8. The van der Waals surface area contributed by atoms with Crippen molar-refractivity contribution in [3.8, 4) is 5.95 Å². The van der Waals surface area contributed by atoms with Gasteiger partial charge >= 0.3 is 17.9 Å². The Morgan fingerprint density at radius 2 is 2.00 bits per heavy atom. The zero-order valence-electron chi connectivity index (χ0n) is 8.48. The Morgan fingerprint density at radius 3 is 2.50 bits per heavy atom. The summed E-state index contributed by atoms with van der Waals surface area (Å²) in [7, 11) is 0. The van der Waals surface area contributed by atoms with Crippen LogP contribution in [-0.4, -0.2) is 17.0 Å². The molecule has 0 unspecified atom stereocenters. The molecule has 0 atom stereocenters. The average Bonchev–Trinajstić information content (AvgIpc) is 2.86. The molecule has 0 aliphatic carbocycles. The van der Waals surface area contributed by atoms with Crippen molar-refractivity contribution in [1.82, 2.24) is 0 Å². The van der Waals surface area contributed by atoms with Crippen LogP contribution in [0.4, 0.5) is 0 Å². The minimum atomic E-state index is -1.23. The third-order valence-electron chi connectivity index (χ3n) is 1.85. The summed E-state index contributed by atoms with van der Waals surface area (Å²) >= 11 is 3.72. The number of carbonyl (C=O) groups is 2. The van der Waals surface area contributed by atoms with Crippen LogP contribution < -0.4 is 4.74 Å². The number of esters is 1. The van der Waals surface area contributed by atoms with E-state index in [1.165, 1.54) is 12.3 Å².